The fourth-order valence-electron chi connectivity index (χ4n) is 5.02. The second-order valence-corrected chi connectivity index (χ2v) is 9.37. The van der Waals surface area contributed by atoms with Gasteiger partial charge in [0.25, 0.3) is 0 Å². The fourth-order valence-corrected chi connectivity index (χ4v) is 5.02. The average molecular weight is 455 g/mol. The van der Waals surface area contributed by atoms with Gasteiger partial charge in [0, 0.05) is 19.0 Å². The van der Waals surface area contributed by atoms with Gasteiger partial charge in [0.2, 0.25) is 11.8 Å². The zero-order chi connectivity index (χ0) is 23.3. The molecule has 2 fully saturated rings. The first-order valence-corrected chi connectivity index (χ1v) is 11.9. The molecule has 1 aliphatic carbocycles. The Labute approximate surface area is 194 Å². The minimum Gasteiger partial charge on any atom is -0.497 e. The molecule has 1 aromatic carbocycles. The third kappa shape index (κ3) is 5.74. The van der Waals surface area contributed by atoms with Crippen LogP contribution >= 0.6 is 0 Å². The molecule has 33 heavy (non-hydrogen) atoms. The van der Waals surface area contributed by atoms with E-state index in [-0.39, 0.29) is 24.2 Å². The van der Waals surface area contributed by atoms with E-state index in [2.05, 4.69) is 15.3 Å². The van der Waals surface area contributed by atoms with Gasteiger partial charge < -0.3 is 25.0 Å². The van der Waals surface area contributed by atoms with Gasteiger partial charge in [0.1, 0.15) is 17.4 Å². The summed E-state index contributed by atoms with van der Waals surface area (Å²) in [5, 5.41) is 14.0. The van der Waals surface area contributed by atoms with E-state index < -0.39 is 11.6 Å². The average Bonchev–Trinajstić information content (AvgIpc) is 3.35. The smallest absolute Gasteiger partial charge is 0.245 e. The Balaban J connectivity index is 1.39. The van der Waals surface area contributed by atoms with Crippen molar-refractivity contribution in [1.29, 1.82) is 0 Å². The van der Waals surface area contributed by atoms with Crippen LogP contribution in [0.4, 0.5) is 0 Å². The molecule has 2 aromatic rings. The number of aryl methyl sites for hydroxylation is 1. The number of imidazole rings is 1. The lowest BCUT2D eigenvalue weighted by Gasteiger charge is -2.52. The molecule has 1 atom stereocenters. The van der Waals surface area contributed by atoms with Gasteiger partial charge >= 0.3 is 0 Å². The molecule has 0 spiro atoms. The number of aromatic nitrogens is 2. The first kappa shape index (κ1) is 23.3. The van der Waals surface area contributed by atoms with Crippen LogP contribution in [0.5, 0.6) is 5.75 Å². The van der Waals surface area contributed by atoms with Crippen molar-refractivity contribution in [3.8, 4) is 5.75 Å². The van der Waals surface area contributed by atoms with Crippen LogP contribution in [-0.4, -0.2) is 63.6 Å². The maximum Gasteiger partial charge on any atom is 0.245 e. The topological polar surface area (TPSA) is 108 Å². The molecule has 0 radical (unpaired) electrons. The lowest BCUT2D eigenvalue weighted by molar-refractivity contribution is -0.171. The Hall–Kier alpha value is -2.87. The van der Waals surface area contributed by atoms with Crippen LogP contribution in [0, 0.1) is 5.92 Å². The lowest BCUT2D eigenvalue weighted by atomic mass is 9.72. The van der Waals surface area contributed by atoms with E-state index in [1.807, 2.05) is 24.3 Å². The van der Waals surface area contributed by atoms with Crippen molar-refractivity contribution in [2.24, 2.45) is 5.92 Å². The number of H-pyrrole nitrogens is 1. The molecule has 178 valence electrons. The highest BCUT2D eigenvalue weighted by molar-refractivity contribution is 5.88. The number of benzene rings is 1. The first-order valence-electron chi connectivity index (χ1n) is 11.9. The number of methoxy groups -OCH3 is 1. The van der Waals surface area contributed by atoms with Crippen LogP contribution in [0.25, 0.3) is 0 Å². The molecular weight excluding hydrogens is 420 g/mol. The lowest BCUT2D eigenvalue weighted by Crippen LogP contribution is -2.69. The molecule has 1 unspecified atom stereocenters. The van der Waals surface area contributed by atoms with Gasteiger partial charge in [0.05, 0.1) is 32.2 Å². The number of hydrogen-bond acceptors (Lipinski definition) is 5. The SMILES string of the molecule is COc1ccc(CC(NC(=O)CCc2c[nH]cn2)C(=O)N2CC(O)(C3CCCCC3)C2)cc1. The van der Waals surface area contributed by atoms with Crippen molar-refractivity contribution in [2.45, 2.75) is 63.0 Å². The van der Waals surface area contributed by atoms with Gasteiger partial charge in [-0.3, -0.25) is 9.59 Å². The summed E-state index contributed by atoms with van der Waals surface area (Å²) in [7, 11) is 1.61. The van der Waals surface area contributed by atoms with Crippen molar-refractivity contribution in [3.63, 3.8) is 0 Å². The summed E-state index contributed by atoms with van der Waals surface area (Å²) < 4.78 is 5.22. The summed E-state index contributed by atoms with van der Waals surface area (Å²) in [5.74, 6) is 0.677. The number of carbonyl (C=O) groups excluding carboxylic acids is 2. The fraction of sp³-hybridized carbons (Fsp3) is 0.560. The highest BCUT2D eigenvalue weighted by atomic mass is 16.5. The maximum atomic E-state index is 13.4. The molecule has 3 N–H and O–H groups in total. The van der Waals surface area contributed by atoms with Gasteiger partial charge in [-0.25, -0.2) is 4.98 Å². The second kappa shape index (κ2) is 10.4. The van der Waals surface area contributed by atoms with Crippen molar-refractivity contribution in [1.82, 2.24) is 20.2 Å². The van der Waals surface area contributed by atoms with Crippen LogP contribution in [0.2, 0.25) is 0 Å². The minimum absolute atomic E-state index is 0.139. The van der Waals surface area contributed by atoms with Gasteiger partial charge in [-0.2, -0.15) is 0 Å². The minimum atomic E-state index is -0.787. The number of rotatable bonds is 9. The number of ether oxygens (including phenoxy) is 1. The molecule has 8 heteroatoms. The van der Waals surface area contributed by atoms with E-state index in [1.54, 1.807) is 24.5 Å². The van der Waals surface area contributed by atoms with Crippen LogP contribution in [0.1, 0.15) is 49.8 Å². The van der Waals surface area contributed by atoms with Gasteiger partial charge in [-0.1, -0.05) is 31.4 Å². The standard InChI is InChI=1S/C25H34N4O4/c1-33-21-10-7-18(8-11-21)13-22(28-23(30)12-9-20-14-26-17-27-20)24(31)29-15-25(32,16-29)19-5-3-2-4-6-19/h7-8,10-11,14,17,19,22,32H,2-6,9,12-13,15-16H2,1H3,(H,26,27)(H,28,30). The summed E-state index contributed by atoms with van der Waals surface area (Å²) in [6.45, 7) is 0.692. The maximum absolute atomic E-state index is 13.4. The van der Waals surface area contributed by atoms with Crippen LogP contribution in [0.3, 0.4) is 0 Å². The Morgan fingerprint density at radius 2 is 1.97 bits per heavy atom. The molecule has 8 nitrogen and oxygen atoms in total. The number of amides is 2. The Morgan fingerprint density at radius 1 is 1.24 bits per heavy atom. The number of nitrogens with zero attached hydrogens (tertiary/aromatic N) is 2. The highest BCUT2D eigenvalue weighted by Crippen LogP contribution is 2.38. The largest absolute Gasteiger partial charge is 0.497 e. The summed E-state index contributed by atoms with van der Waals surface area (Å²) in [4.78, 5) is 34.7. The Morgan fingerprint density at radius 3 is 2.61 bits per heavy atom. The van der Waals surface area contributed by atoms with Crippen molar-refractivity contribution in [2.75, 3.05) is 20.2 Å². The quantitative estimate of drug-likeness (QED) is 0.539. The van der Waals surface area contributed by atoms with E-state index in [0.29, 0.717) is 25.9 Å². The number of β-amino-alcohol motifs (C(OH)–C–C–N with tert-alkyl or cyclic N) is 1. The summed E-state index contributed by atoms with van der Waals surface area (Å²) in [6, 6.07) is 6.83. The highest BCUT2D eigenvalue weighted by Gasteiger charge is 2.50. The first-order chi connectivity index (χ1) is 16.0. The summed E-state index contributed by atoms with van der Waals surface area (Å²) >= 11 is 0. The molecule has 1 aromatic heterocycles. The Bertz CT molecular complexity index is 916. The number of carbonyl (C=O) groups is 2. The van der Waals surface area contributed by atoms with Crippen molar-refractivity contribution in [3.05, 3.63) is 48.0 Å². The second-order valence-electron chi connectivity index (χ2n) is 9.37. The summed E-state index contributed by atoms with van der Waals surface area (Å²) in [6.07, 6.45) is 10.1. The third-order valence-corrected chi connectivity index (χ3v) is 7.00. The van der Waals surface area contributed by atoms with Crippen molar-refractivity contribution < 1.29 is 19.4 Å². The molecule has 1 saturated carbocycles. The predicted octanol–water partition coefficient (Wildman–Crippen LogP) is 2.23. The number of aromatic amines is 1. The van der Waals surface area contributed by atoms with E-state index in [0.717, 1.165) is 42.7 Å². The zero-order valence-electron chi connectivity index (χ0n) is 19.3. The predicted molar refractivity (Wildman–Crippen MR) is 124 cm³/mol. The third-order valence-electron chi connectivity index (χ3n) is 7.00. The van der Waals surface area contributed by atoms with Crippen LogP contribution < -0.4 is 10.1 Å². The number of likely N-dealkylation sites (tertiary alicyclic amines) is 1. The van der Waals surface area contributed by atoms with E-state index in [1.165, 1.54) is 6.42 Å². The molecule has 2 amide bonds. The molecule has 4 rings (SSSR count). The van der Waals surface area contributed by atoms with Gasteiger partial charge in [-0.05, 0) is 42.9 Å². The van der Waals surface area contributed by atoms with Gasteiger partial charge in [0.15, 0.2) is 0 Å². The molecule has 0 bridgehead atoms. The van der Waals surface area contributed by atoms with Gasteiger partial charge in [-0.15, -0.1) is 0 Å². The molecule has 2 aliphatic rings. The number of nitrogens with one attached hydrogen (secondary N) is 2. The molecule has 1 saturated heterocycles. The van der Waals surface area contributed by atoms with Crippen LogP contribution in [0.15, 0.2) is 36.8 Å². The van der Waals surface area contributed by atoms with Crippen LogP contribution in [-0.2, 0) is 22.4 Å². The summed E-state index contributed by atoms with van der Waals surface area (Å²) in [5.41, 5.74) is 0.957. The van der Waals surface area contributed by atoms with E-state index in [9.17, 15) is 14.7 Å². The molecule has 2 heterocycles. The Kier molecular flexibility index (Phi) is 7.33. The van der Waals surface area contributed by atoms with E-state index in [4.69, 9.17) is 4.74 Å². The number of hydrogen-bond donors (Lipinski definition) is 3. The molecule has 1 aliphatic heterocycles. The normalized spacial score (nSPS) is 18.9. The van der Waals surface area contributed by atoms with E-state index >= 15 is 0 Å². The monoisotopic (exact) mass is 454 g/mol. The number of aliphatic hydroxyl groups is 1. The zero-order valence-corrected chi connectivity index (χ0v) is 19.3. The van der Waals surface area contributed by atoms with Crippen molar-refractivity contribution >= 4 is 11.8 Å². The molecular formula is C25H34N4O4.